The minimum Gasteiger partial charge on any atom is -0.478 e. The van der Waals surface area contributed by atoms with E-state index in [1.165, 1.54) is 39.5 Å². The molecule has 192 valence electrons. The first-order chi connectivity index (χ1) is 15.1. The lowest BCUT2D eigenvalue weighted by molar-refractivity contribution is -0.133. The molecule has 0 aliphatic heterocycles. The van der Waals surface area contributed by atoms with Crippen LogP contribution in [0.1, 0.15) is 90.9 Å². The fraction of sp³-hybridized carbons (Fsp3) is 0.750. The summed E-state index contributed by atoms with van der Waals surface area (Å²) in [5.74, 6) is -1.87. The summed E-state index contributed by atoms with van der Waals surface area (Å²) < 4.78 is 0. The Balaban J connectivity index is -0.000000172. The first-order valence-corrected chi connectivity index (χ1v) is 11.3. The zero-order chi connectivity index (χ0) is 25.6. The Morgan fingerprint density at radius 1 is 0.469 bits per heavy atom. The first kappa shape index (κ1) is 37.6. The second-order valence-electron chi connectivity index (χ2n) is 7.31. The van der Waals surface area contributed by atoms with E-state index >= 15 is 0 Å². The van der Waals surface area contributed by atoms with Crippen LogP contribution in [0.3, 0.4) is 0 Å². The summed E-state index contributed by atoms with van der Waals surface area (Å²) in [7, 11) is 0. The summed E-state index contributed by atoms with van der Waals surface area (Å²) >= 11 is 0. The van der Waals surface area contributed by atoms with Crippen LogP contribution < -0.4 is 0 Å². The molecule has 0 aromatic rings. The molecule has 0 unspecified atom stereocenters. The monoisotopic (exact) mass is 464 g/mol. The van der Waals surface area contributed by atoms with Crippen molar-refractivity contribution in [1.82, 2.24) is 0 Å². The molecular formula is C24H48O8. The Hall–Kier alpha value is -1.74. The quantitative estimate of drug-likeness (QED) is 0.148. The Morgan fingerprint density at radius 2 is 0.594 bits per heavy atom. The predicted molar refractivity (Wildman–Crippen MR) is 129 cm³/mol. The van der Waals surface area contributed by atoms with Gasteiger partial charge in [-0.2, -0.15) is 0 Å². The van der Waals surface area contributed by atoms with Crippen molar-refractivity contribution < 1.29 is 40.2 Å². The molecule has 0 bridgehead atoms. The smallest absolute Gasteiger partial charge is 0.330 e. The number of hydrogen-bond acceptors (Lipinski definition) is 6. The molecule has 0 rings (SSSR count). The van der Waals surface area contributed by atoms with Gasteiger partial charge in [-0.25, -0.2) is 9.59 Å². The number of carboxylic acids is 2. The van der Waals surface area contributed by atoms with Crippen molar-refractivity contribution in [3.63, 3.8) is 0 Å². The average molecular weight is 465 g/mol. The summed E-state index contributed by atoms with van der Waals surface area (Å²) in [6, 6.07) is 0. The largest absolute Gasteiger partial charge is 0.478 e. The predicted octanol–water partition coefficient (Wildman–Crippen LogP) is 3.92. The molecule has 0 aromatic carbocycles. The fourth-order valence-electron chi connectivity index (χ4n) is 1.86. The van der Waals surface area contributed by atoms with E-state index in [0.717, 1.165) is 51.4 Å². The van der Waals surface area contributed by atoms with Gasteiger partial charge in [-0.3, -0.25) is 0 Å². The van der Waals surface area contributed by atoms with Crippen molar-refractivity contribution in [3.8, 4) is 0 Å². The normalized spacial score (nSPS) is 9.19. The van der Waals surface area contributed by atoms with E-state index in [2.05, 4.69) is 13.2 Å². The molecule has 0 radical (unpaired) electrons. The van der Waals surface area contributed by atoms with Gasteiger partial charge in [0.05, 0.1) is 0 Å². The van der Waals surface area contributed by atoms with Crippen LogP contribution >= 0.6 is 0 Å². The van der Waals surface area contributed by atoms with Crippen molar-refractivity contribution in [3.05, 3.63) is 24.3 Å². The summed E-state index contributed by atoms with van der Waals surface area (Å²) in [5.41, 5.74) is 0.352. The zero-order valence-electron chi connectivity index (χ0n) is 20.2. The number of aliphatic carboxylic acids is 2. The van der Waals surface area contributed by atoms with Crippen LogP contribution in [0.5, 0.6) is 0 Å². The second kappa shape index (κ2) is 33.9. The van der Waals surface area contributed by atoms with Crippen molar-refractivity contribution in [2.75, 3.05) is 26.4 Å². The molecule has 0 heterocycles. The lowest BCUT2D eigenvalue weighted by Gasteiger charge is -1.99. The molecule has 8 heteroatoms. The van der Waals surface area contributed by atoms with Gasteiger partial charge in [-0.15, -0.1) is 0 Å². The third-order valence-corrected chi connectivity index (χ3v) is 3.86. The van der Waals surface area contributed by atoms with Crippen LogP contribution in [0.2, 0.25) is 0 Å². The van der Waals surface area contributed by atoms with Gasteiger partial charge in [0.15, 0.2) is 0 Å². The molecule has 0 saturated carbocycles. The molecule has 0 aliphatic carbocycles. The third-order valence-electron chi connectivity index (χ3n) is 3.86. The molecule has 0 amide bonds. The molecule has 8 nitrogen and oxygen atoms in total. The minimum atomic E-state index is -0.935. The Bertz CT molecular complexity index is 372. The maximum absolute atomic E-state index is 9.60. The van der Waals surface area contributed by atoms with Gasteiger partial charge in [0.1, 0.15) is 0 Å². The van der Waals surface area contributed by atoms with Crippen LogP contribution in [-0.2, 0) is 9.59 Å². The molecular weight excluding hydrogens is 416 g/mol. The zero-order valence-corrected chi connectivity index (χ0v) is 20.2. The third kappa shape index (κ3) is 51.2. The number of rotatable bonds is 16. The van der Waals surface area contributed by atoms with E-state index in [1.54, 1.807) is 0 Å². The summed E-state index contributed by atoms with van der Waals surface area (Å²) in [4.78, 5) is 19.2. The maximum atomic E-state index is 9.60. The number of hydrogen-bond donors (Lipinski definition) is 6. The summed E-state index contributed by atoms with van der Waals surface area (Å²) in [5, 5.41) is 49.4. The first-order valence-electron chi connectivity index (χ1n) is 11.3. The van der Waals surface area contributed by atoms with Crippen LogP contribution in [0.25, 0.3) is 0 Å². The lowest BCUT2D eigenvalue weighted by Crippen LogP contribution is -1.92. The van der Waals surface area contributed by atoms with E-state index in [4.69, 9.17) is 30.6 Å². The number of carbonyl (C=O) groups is 2. The molecule has 0 saturated heterocycles. The van der Waals surface area contributed by atoms with Crippen molar-refractivity contribution in [2.24, 2.45) is 0 Å². The van der Waals surface area contributed by atoms with Gasteiger partial charge in [0.2, 0.25) is 0 Å². The van der Waals surface area contributed by atoms with Gasteiger partial charge in [0.25, 0.3) is 0 Å². The molecule has 0 fully saturated rings. The van der Waals surface area contributed by atoms with Gasteiger partial charge < -0.3 is 30.6 Å². The van der Waals surface area contributed by atoms with Crippen LogP contribution in [0.4, 0.5) is 0 Å². The number of unbranched alkanes of at least 4 members (excludes halogenated alkanes) is 10. The van der Waals surface area contributed by atoms with E-state index in [1.807, 2.05) is 0 Å². The van der Waals surface area contributed by atoms with Crippen LogP contribution in [0.15, 0.2) is 24.3 Å². The minimum absolute atomic E-state index is 0.176. The number of carboxylic acid groups (broad SMARTS) is 2. The maximum Gasteiger partial charge on any atom is 0.330 e. The van der Waals surface area contributed by atoms with E-state index in [-0.39, 0.29) is 24.4 Å². The van der Waals surface area contributed by atoms with Crippen molar-refractivity contribution >= 4 is 11.9 Å². The lowest BCUT2D eigenvalue weighted by atomic mass is 10.1. The van der Waals surface area contributed by atoms with E-state index in [9.17, 15) is 9.59 Å². The topological polar surface area (TPSA) is 156 Å². The van der Waals surface area contributed by atoms with Crippen LogP contribution in [-0.4, -0.2) is 69.0 Å². The number of aliphatic hydroxyl groups excluding tert-OH is 4. The molecule has 0 aromatic heterocycles. The highest BCUT2D eigenvalue weighted by molar-refractivity contribution is 5.85. The fourth-order valence-corrected chi connectivity index (χ4v) is 1.86. The average Bonchev–Trinajstić information content (AvgIpc) is 2.74. The van der Waals surface area contributed by atoms with Crippen LogP contribution in [0, 0.1) is 0 Å². The van der Waals surface area contributed by atoms with Gasteiger partial charge >= 0.3 is 11.9 Å². The molecule has 0 aliphatic rings. The Kier molecular flexibility index (Phi) is 39.8. The highest BCUT2D eigenvalue weighted by Crippen LogP contribution is 2.07. The SMILES string of the molecule is C=C(C)C(=O)O.C=C(C)C(=O)O.OCCCCCCCCCCO.OCCCCCCO. The molecule has 32 heavy (non-hydrogen) atoms. The molecule has 6 N–H and O–H groups in total. The van der Waals surface area contributed by atoms with Crippen molar-refractivity contribution in [1.29, 1.82) is 0 Å². The van der Waals surface area contributed by atoms with Gasteiger partial charge in [-0.1, -0.05) is 64.5 Å². The summed E-state index contributed by atoms with van der Waals surface area (Å²) in [6.07, 6.45) is 13.1. The van der Waals surface area contributed by atoms with E-state index in [0.29, 0.717) is 13.2 Å². The Labute approximate surface area is 194 Å². The second-order valence-corrected chi connectivity index (χ2v) is 7.31. The number of aliphatic hydroxyl groups is 4. The molecule has 0 spiro atoms. The Morgan fingerprint density at radius 3 is 0.688 bits per heavy atom. The molecule has 0 atom stereocenters. The van der Waals surface area contributed by atoms with E-state index < -0.39 is 11.9 Å². The standard InChI is InChI=1S/C10H22O2.C6H14O2.2C4H6O2/c11-9-7-5-3-1-2-4-6-8-10-12;7-5-3-1-2-4-6-8;2*1-3(2)4(5)6/h11-12H,1-10H2;7-8H,1-6H2;2*1H2,2H3,(H,5,6). The van der Waals surface area contributed by atoms with Gasteiger partial charge in [0, 0.05) is 37.6 Å². The summed E-state index contributed by atoms with van der Waals surface area (Å²) in [6.45, 7) is 10.4. The highest BCUT2D eigenvalue weighted by Gasteiger charge is 1.91. The highest BCUT2D eigenvalue weighted by atomic mass is 16.4. The van der Waals surface area contributed by atoms with Crippen molar-refractivity contribution in [2.45, 2.75) is 90.9 Å². The van der Waals surface area contributed by atoms with Gasteiger partial charge in [-0.05, 0) is 39.5 Å².